The van der Waals surface area contributed by atoms with Gasteiger partial charge in [-0.25, -0.2) is 0 Å². The van der Waals surface area contributed by atoms with Gasteiger partial charge < -0.3 is 14.2 Å². The Hall–Kier alpha value is -4.19. The maximum Gasteiger partial charge on any atom is 0.306 e. The van der Waals surface area contributed by atoms with Gasteiger partial charge in [-0.3, -0.25) is 14.4 Å². The van der Waals surface area contributed by atoms with E-state index >= 15 is 0 Å². The second kappa shape index (κ2) is 68.3. The minimum absolute atomic E-state index is 0.0894. The van der Waals surface area contributed by atoms with Gasteiger partial charge in [-0.05, 0) is 109 Å². The monoisotopic (exact) mass is 1120 g/mol. The van der Waals surface area contributed by atoms with Crippen molar-refractivity contribution in [2.24, 2.45) is 0 Å². The minimum Gasteiger partial charge on any atom is -0.462 e. The van der Waals surface area contributed by atoms with Crippen molar-refractivity contribution < 1.29 is 28.6 Å². The van der Waals surface area contributed by atoms with Crippen LogP contribution in [0.5, 0.6) is 0 Å². The lowest BCUT2D eigenvalue weighted by Crippen LogP contribution is -2.30. The highest BCUT2D eigenvalue weighted by Gasteiger charge is 2.19. The molecule has 0 rings (SSSR count). The molecule has 1 unspecified atom stereocenters. The van der Waals surface area contributed by atoms with Gasteiger partial charge in [-0.15, -0.1) is 0 Å². The van der Waals surface area contributed by atoms with Gasteiger partial charge in [0.15, 0.2) is 6.10 Å². The summed E-state index contributed by atoms with van der Waals surface area (Å²) in [5.41, 5.74) is 0. The van der Waals surface area contributed by atoms with Gasteiger partial charge in [-0.1, -0.05) is 309 Å². The van der Waals surface area contributed by atoms with Crippen molar-refractivity contribution in [3.8, 4) is 0 Å². The number of carbonyl (C=O) groups excluding carboxylic acids is 3. The third-order valence-electron chi connectivity index (χ3n) is 14.5. The molecule has 0 aliphatic heterocycles. The average molecular weight is 1120 g/mol. The zero-order chi connectivity index (χ0) is 58.5. The number of allylic oxidation sites excluding steroid dienone is 20. The van der Waals surface area contributed by atoms with Crippen LogP contribution >= 0.6 is 0 Å². The summed E-state index contributed by atoms with van der Waals surface area (Å²) in [7, 11) is 0. The summed E-state index contributed by atoms with van der Waals surface area (Å²) in [4.78, 5) is 38.4. The van der Waals surface area contributed by atoms with Gasteiger partial charge >= 0.3 is 17.9 Å². The number of ether oxygens (including phenoxy) is 3. The predicted octanol–water partition coefficient (Wildman–Crippen LogP) is 23.6. The lowest BCUT2D eigenvalue weighted by molar-refractivity contribution is -0.167. The van der Waals surface area contributed by atoms with E-state index in [4.69, 9.17) is 14.2 Å². The molecule has 0 bridgehead atoms. The molecule has 0 aliphatic carbocycles. The molecule has 0 N–H and O–H groups in total. The second-order valence-electron chi connectivity index (χ2n) is 22.3. The molecule has 0 aliphatic rings. The van der Waals surface area contributed by atoms with Gasteiger partial charge in [0.1, 0.15) is 13.2 Å². The molecular formula is C75H126O6. The second-order valence-corrected chi connectivity index (χ2v) is 22.3. The third-order valence-corrected chi connectivity index (χ3v) is 14.5. The van der Waals surface area contributed by atoms with Crippen LogP contribution < -0.4 is 0 Å². The van der Waals surface area contributed by atoms with Gasteiger partial charge in [0.05, 0.1) is 0 Å². The lowest BCUT2D eigenvalue weighted by atomic mass is 10.0. The van der Waals surface area contributed by atoms with Gasteiger partial charge in [0, 0.05) is 19.3 Å². The SMILES string of the molecule is CC/C=C\C/C=C\C/C=C\C/C=C\C/C=C\C/C=C\C/C=C\CCCCCCCCCC(=O)OCC(COC(=O)CCCCCCC/C=C\C/C=C\C/C=C\CC)OC(=O)CCCCCCCCCCCCCCCCCCCCC. The summed E-state index contributed by atoms with van der Waals surface area (Å²) >= 11 is 0. The van der Waals surface area contributed by atoms with Crippen LogP contribution in [0.25, 0.3) is 0 Å². The molecule has 0 amide bonds. The summed E-state index contributed by atoms with van der Waals surface area (Å²) in [6.07, 6.45) is 95.0. The van der Waals surface area contributed by atoms with E-state index in [1.165, 1.54) is 128 Å². The van der Waals surface area contributed by atoms with E-state index in [1.54, 1.807) is 0 Å². The van der Waals surface area contributed by atoms with Crippen LogP contribution in [-0.4, -0.2) is 37.2 Å². The van der Waals surface area contributed by atoms with Crippen molar-refractivity contribution in [1.29, 1.82) is 0 Å². The predicted molar refractivity (Wildman–Crippen MR) is 353 cm³/mol. The van der Waals surface area contributed by atoms with E-state index in [0.29, 0.717) is 19.3 Å². The van der Waals surface area contributed by atoms with Crippen LogP contribution in [0, 0.1) is 0 Å². The zero-order valence-corrected chi connectivity index (χ0v) is 53.0. The molecule has 0 spiro atoms. The topological polar surface area (TPSA) is 78.9 Å². The standard InChI is InChI=1S/C75H126O6/c1-4-7-10-13-16-19-22-25-28-30-32-33-34-35-36-37-38-39-40-41-43-44-47-50-53-56-59-62-65-68-74(77)80-71-72(70-79-73(76)67-64-61-58-55-52-49-46-27-24-21-18-15-12-9-6-3)81-75(78)69-66-63-60-57-54-51-48-45-42-31-29-26-23-20-17-14-11-8-5-2/h7,9-10,12,16,18-19,21,25,27-28,32-33,35-36,38-39,41,43,46,72H,4-6,8,11,13-15,17,20,22-24,26,29-31,34,37,40,42,44-45,47-71H2,1-3H3/b10-7-,12-9-,19-16-,21-18-,28-25-,33-32-,36-35-,39-38-,43-41-,46-27-. The van der Waals surface area contributed by atoms with E-state index in [-0.39, 0.29) is 31.1 Å². The maximum atomic E-state index is 12.9. The number of carbonyl (C=O) groups is 3. The fourth-order valence-corrected chi connectivity index (χ4v) is 9.44. The van der Waals surface area contributed by atoms with Crippen molar-refractivity contribution in [3.05, 3.63) is 122 Å². The Morgan fingerprint density at radius 3 is 0.753 bits per heavy atom. The molecule has 0 saturated carbocycles. The number of esters is 3. The molecule has 0 saturated heterocycles. The number of rotatable bonds is 61. The summed E-state index contributed by atoms with van der Waals surface area (Å²) in [6, 6.07) is 0. The van der Waals surface area contributed by atoms with Crippen LogP contribution in [0.4, 0.5) is 0 Å². The van der Waals surface area contributed by atoms with Crippen molar-refractivity contribution in [2.75, 3.05) is 13.2 Å². The molecule has 0 aromatic rings. The van der Waals surface area contributed by atoms with E-state index in [9.17, 15) is 14.4 Å². The Balaban J connectivity index is 4.36. The Bertz CT molecular complexity index is 1670. The molecule has 0 radical (unpaired) electrons. The van der Waals surface area contributed by atoms with Crippen molar-refractivity contribution in [1.82, 2.24) is 0 Å². The van der Waals surface area contributed by atoms with Crippen molar-refractivity contribution in [3.63, 3.8) is 0 Å². The first kappa shape index (κ1) is 76.8. The zero-order valence-electron chi connectivity index (χ0n) is 53.0. The summed E-state index contributed by atoms with van der Waals surface area (Å²) in [5.74, 6) is -0.905. The lowest BCUT2D eigenvalue weighted by Gasteiger charge is -2.18. The molecule has 0 fully saturated rings. The molecule has 6 nitrogen and oxygen atoms in total. The van der Waals surface area contributed by atoms with Crippen molar-refractivity contribution in [2.45, 2.75) is 322 Å². The summed E-state index contributed by atoms with van der Waals surface area (Å²) in [5, 5.41) is 0. The van der Waals surface area contributed by atoms with E-state index in [0.717, 1.165) is 148 Å². The van der Waals surface area contributed by atoms with E-state index < -0.39 is 6.10 Å². The highest BCUT2D eigenvalue weighted by molar-refractivity contribution is 5.71. The molecule has 81 heavy (non-hydrogen) atoms. The van der Waals surface area contributed by atoms with Crippen LogP contribution in [0.3, 0.4) is 0 Å². The van der Waals surface area contributed by atoms with Crippen LogP contribution in [0.1, 0.15) is 316 Å². The van der Waals surface area contributed by atoms with Gasteiger partial charge in [-0.2, -0.15) is 0 Å². The smallest absolute Gasteiger partial charge is 0.306 e. The summed E-state index contributed by atoms with van der Waals surface area (Å²) in [6.45, 7) is 6.42. The van der Waals surface area contributed by atoms with Crippen molar-refractivity contribution >= 4 is 17.9 Å². The molecular weight excluding hydrogens is 997 g/mol. The minimum atomic E-state index is -0.793. The Morgan fingerprint density at radius 2 is 0.481 bits per heavy atom. The fourth-order valence-electron chi connectivity index (χ4n) is 9.44. The number of unbranched alkanes of at least 4 members (excludes halogenated alkanes) is 30. The molecule has 1 atom stereocenters. The summed E-state index contributed by atoms with van der Waals surface area (Å²) < 4.78 is 16.9. The van der Waals surface area contributed by atoms with E-state index in [2.05, 4.69) is 142 Å². The first-order valence-corrected chi connectivity index (χ1v) is 34.0. The molecule has 0 heterocycles. The molecule has 462 valence electrons. The van der Waals surface area contributed by atoms with Gasteiger partial charge in [0.25, 0.3) is 0 Å². The number of hydrogen-bond acceptors (Lipinski definition) is 6. The average Bonchev–Trinajstić information content (AvgIpc) is 3.47. The Kier molecular flexibility index (Phi) is 64.8. The highest BCUT2D eigenvalue weighted by atomic mass is 16.6. The Morgan fingerprint density at radius 1 is 0.259 bits per heavy atom. The first-order valence-electron chi connectivity index (χ1n) is 34.0. The maximum absolute atomic E-state index is 12.9. The van der Waals surface area contributed by atoms with Crippen LogP contribution in [0.15, 0.2) is 122 Å². The van der Waals surface area contributed by atoms with E-state index in [1.807, 2.05) is 0 Å². The van der Waals surface area contributed by atoms with Crippen LogP contribution in [-0.2, 0) is 28.6 Å². The molecule has 0 aromatic heterocycles. The molecule has 6 heteroatoms. The first-order chi connectivity index (χ1) is 40.0. The number of hydrogen-bond donors (Lipinski definition) is 0. The third kappa shape index (κ3) is 66.5. The molecule has 0 aromatic carbocycles. The Labute approximate surface area is 501 Å². The normalized spacial score (nSPS) is 12.9. The van der Waals surface area contributed by atoms with Gasteiger partial charge in [0.2, 0.25) is 0 Å². The fraction of sp³-hybridized carbons (Fsp3) is 0.693. The highest BCUT2D eigenvalue weighted by Crippen LogP contribution is 2.17. The quantitative estimate of drug-likeness (QED) is 0.0261. The largest absolute Gasteiger partial charge is 0.462 e. The van der Waals surface area contributed by atoms with Crippen LogP contribution in [0.2, 0.25) is 0 Å².